The summed E-state index contributed by atoms with van der Waals surface area (Å²) in [5.74, 6) is -1.43. The summed E-state index contributed by atoms with van der Waals surface area (Å²) in [6, 6.07) is 6.66. The van der Waals surface area contributed by atoms with E-state index in [1.54, 1.807) is 18.2 Å². The second-order valence-electron chi connectivity index (χ2n) is 6.31. The Morgan fingerprint density at radius 1 is 1.23 bits per heavy atom. The maximum atomic E-state index is 12.9. The van der Waals surface area contributed by atoms with Crippen molar-refractivity contribution in [3.63, 3.8) is 0 Å². The van der Waals surface area contributed by atoms with E-state index in [1.807, 2.05) is 0 Å². The smallest absolute Gasteiger partial charge is 0.423 e. The highest BCUT2D eigenvalue weighted by molar-refractivity contribution is 7.93. The van der Waals surface area contributed by atoms with Crippen LogP contribution in [0.15, 0.2) is 44.6 Å². The van der Waals surface area contributed by atoms with Gasteiger partial charge in [0.15, 0.2) is 11.5 Å². The van der Waals surface area contributed by atoms with Gasteiger partial charge in [-0.25, -0.2) is 22.1 Å². The summed E-state index contributed by atoms with van der Waals surface area (Å²) < 4.78 is 69.4. The highest BCUT2D eigenvalue weighted by atomic mass is 32.2. The van der Waals surface area contributed by atoms with Crippen molar-refractivity contribution in [2.45, 2.75) is 12.7 Å². The van der Waals surface area contributed by atoms with Gasteiger partial charge >= 0.3 is 18.0 Å². The van der Waals surface area contributed by atoms with Crippen molar-refractivity contribution < 1.29 is 35.6 Å². The lowest BCUT2D eigenvalue weighted by molar-refractivity contribution is -0.125. The molecule has 160 valence electrons. The number of alkyl halides is 3. The molecule has 1 amide bonds. The summed E-state index contributed by atoms with van der Waals surface area (Å²) in [7, 11) is -1.57. The molecule has 1 heterocycles. The number of carbonyl (C=O) groups excluding carboxylic acids is 2. The number of benzene rings is 1. The van der Waals surface area contributed by atoms with Gasteiger partial charge in [0.25, 0.3) is 0 Å². The van der Waals surface area contributed by atoms with Crippen LogP contribution < -0.4 is 11.0 Å². The molecule has 30 heavy (non-hydrogen) atoms. The van der Waals surface area contributed by atoms with Crippen LogP contribution in [0.5, 0.6) is 0 Å². The summed E-state index contributed by atoms with van der Waals surface area (Å²) in [5, 5.41) is 2.34. The minimum absolute atomic E-state index is 0.248. The van der Waals surface area contributed by atoms with E-state index in [2.05, 4.69) is 10.3 Å². The fourth-order valence-electron chi connectivity index (χ4n) is 2.67. The molecule has 2 aromatic rings. The minimum atomic E-state index is -5.11. The number of nitrogens with one attached hydrogen (secondary N) is 1. The second kappa shape index (κ2) is 7.57. The normalized spacial score (nSPS) is 15.2. The number of para-hydroxylation sites is 1. The van der Waals surface area contributed by atoms with Crippen LogP contribution >= 0.6 is 0 Å². The van der Waals surface area contributed by atoms with Gasteiger partial charge in [-0.2, -0.15) is 0 Å². The Bertz CT molecular complexity index is 1210. The monoisotopic (exact) mass is 444 g/mol. The van der Waals surface area contributed by atoms with E-state index in [1.165, 1.54) is 26.2 Å². The Labute approximate surface area is 168 Å². The topological polar surface area (TPSA) is 114 Å². The highest BCUT2D eigenvalue weighted by Crippen LogP contribution is 2.28. The third kappa shape index (κ3) is 4.21. The maximum Gasteiger partial charge on any atom is 0.507 e. The second-order valence-corrected chi connectivity index (χ2v) is 8.51. The highest BCUT2D eigenvalue weighted by Gasteiger charge is 2.36. The van der Waals surface area contributed by atoms with Crippen LogP contribution in [-0.4, -0.2) is 49.5 Å². The molecule has 13 heteroatoms. The van der Waals surface area contributed by atoms with Crippen molar-refractivity contribution in [1.82, 2.24) is 8.87 Å². The molecule has 1 N–H and O–H groups in total. The molecule has 0 atom stereocenters. The number of hydrogen-bond acceptors (Lipinski definition) is 6. The summed E-state index contributed by atoms with van der Waals surface area (Å²) in [4.78, 5) is 27.3. The van der Waals surface area contributed by atoms with Crippen LogP contribution in [-0.2, 0) is 10.0 Å². The molecule has 3 rings (SSSR count). The van der Waals surface area contributed by atoms with Crippen molar-refractivity contribution >= 4 is 33.6 Å². The minimum Gasteiger partial charge on any atom is -0.423 e. The number of fused-ring (bicyclic) bond motifs is 1. The number of aromatic nitrogens is 1. The maximum absolute atomic E-state index is 12.9. The van der Waals surface area contributed by atoms with E-state index in [-0.39, 0.29) is 10.6 Å². The molecule has 0 saturated heterocycles. The molecule has 0 spiro atoms. The fourth-order valence-corrected chi connectivity index (χ4v) is 3.71. The lowest BCUT2D eigenvalue weighted by Gasteiger charge is -2.17. The zero-order chi connectivity index (χ0) is 22.3. The zero-order valence-electron chi connectivity index (χ0n) is 15.6. The largest absolute Gasteiger partial charge is 0.507 e. The fraction of sp³-hybridized carbons (Fsp3) is 0.235. The predicted octanol–water partition coefficient (Wildman–Crippen LogP) is 2.40. The molecule has 9 nitrogen and oxygen atoms in total. The summed E-state index contributed by atoms with van der Waals surface area (Å²) >= 11 is 0. The predicted molar refractivity (Wildman–Crippen MR) is 98.7 cm³/mol. The van der Waals surface area contributed by atoms with E-state index in [0.717, 1.165) is 10.4 Å². The van der Waals surface area contributed by atoms with Crippen molar-refractivity contribution in [1.29, 1.82) is 0 Å². The lowest BCUT2D eigenvalue weighted by Crippen LogP contribution is -2.34. The first kappa shape index (κ1) is 21.5. The number of ketones is 1. The van der Waals surface area contributed by atoms with Gasteiger partial charge in [0.1, 0.15) is 5.69 Å². The number of carbonyl (C=O) groups is 2. The van der Waals surface area contributed by atoms with Gasteiger partial charge in [-0.05, 0) is 18.2 Å². The molecule has 1 aromatic carbocycles. The van der Waals surface area contributed by atoms with Gasteiger partial charge in [-0.15, -0.1) is 18.2 Å². The molecular weight excluding hydrogens is 429 g/mol. The molecule has 0 bridgehead atoms. The van der Waals surface area contributed by atoms with Crippen molar-refractivity contribution in [3.05, 3.63) is 52.4 Å². The van der Waals surface area contributed by atoms with E-state index in [4.69, 9.17) is 4.42 Å². The number of anilines is 1. The van der Waals surface area contributed by atoms with Crippen LogP contribution in [0.2, 0.25) is 0 Å². The Morgan fingerprint density at radius 2 is 1.87 bits per heavy atom. The molecule has 1 aromatic heterocycles. The number of allylic oxidation sites excluding steroid dienone is 1. The number of sulfonamides is 1. The standard InChI is InChI=1S/C17H15F3N4O5S/c1-23(2)30(27,28)11-8-12(25)14-13(9-11)29-16(22-17(18,19)20)24(14)15(26)21-10-6-4-3-5-7-10/h3-7,9H,8H2,1-2H3,(H,21,26). The Kier molecular flexibility index (Phi) is 5.43. The van der Waals surface area contributed by atoms with E-state index in [0.29, 0.717) is 4.57 Å². The molecule has 0 radical (unpaired) electrons. The Balaban J connectivity index is 2.20. The number of rotatable bonds is 3. The molecular formula is C17H15F3N4O5S. The average molecular weight is 444 g/mol. The number of hydrogen-bond donors (Lipinski definition) is 1. The Hall–Kier alpha value is -3.19. The van der Waals surface area contributed by atoms with Crippen LogP contribution in [0.3, 0.4) is 0 Å². The quantitative estimate of drug-likeness (QED) is 0.731. The van der Waals surface area contributed by atoms with Gasteiger partial charge in [-0.1, -0.05) is 18.2 Å². The number of halogens is 3. The summed E-state index contributed by atoms with van der Waals surface area (Å²) in [6.07, 6.45) is -4.86. The van der Waals surface area contributed by atoms with Gasteiger partial charge in [0.2, 0.25) is 10.0 Å². The van der Waals surface area contributed by atoms with Crippen molar-refractivity contribution in [2.24, 2.45) is 4.99 Å². The average Bonchev–Trinajstić information content (AvgIpc) is 2.99. The molecule has 0 fully saturated rings. The number of nitrogens with zero attached hydrogens (tertiary/aromatic N) is 3. The third-order valence-electron chi connectivity index (χ3n) is 4.00. The number of amides is 1. The first-order chi connectivity index (χ1) is 13.9. The van der Waals surface area contributed by atoms with Gasteiger partial charge in [-0.3, -0.25) is 4.79 Å². The summed E-state index contributed by atoms with van der Waals surface area (Å²) in [5.41, 5.74) is -1.50. The number of oxazole rings is 1. The summed E-state index contributed by atoms with van der Waals surface area (Å²) in [6.45, 7) is 0. The van der Waals surface area contributed by atoms with Crippen molar-refractivity contribution in [3.8, 4) is 0 Å². The molecule has 0 aliphatic heterocycles. The van der Waals surface area contributed by atoms with Gasteiger partial charge in [0, 0.05) is 19.8 Å². The molecule has 1 aliphatic carbocycles. The molecule has 0 saturated carbocycles. The Morgan fingerprint density at radius 3 is 2.43 bits per heavy atom. The van der Waals surface area contributed by atoms with E-state index >= 15 is 0 Å². The van der Waals surface area contributed by atoms with Crippen LogP contribution in [0, 0.1) is 0 Å². The van der Waals surface area contributed by atoms with Crippen LogP contribution in [0.25, 0.3) is 6.08 Å². The first-order valence-electron chi connectivity index (χ1n) is 8.31. The molecule has 0 unspecified atom stereocenters. The van der Waals surface area contributed by atoms with Crippen molar-refractivity contribution in [2.75, 3.05) is 19.4 Å². The van der Waals surface area contributed by atoms with Crippen LogP contribution in [0.4, 0.5) is 23.7 Å². The van der Waals surface area contributed by atoms with Gasteiger partial charge in [0.05, 0.1) is 11.3 Å². The third-order valence-corrected chi connectivity index (χ3v) is 5.89. The van der Waals surface area contributed by atoms with E-state index < -0.39 is 51.7 Å². The van der Waals surface area contributed by atoms with Crippen LogP contribution in [0.1, 0.15) is 22.7 Å². The first-order valence-corrected chi connectivity index (χ1v) is 9.75. The number of Topliss-reactive ketones (excluding diaryl/α,β-unsaturated/α-hetero) is 1. The van der Waals surface area contributed by atoms with Gasteiger partial charge < -0.3 is 9.73 Å². The lowest BCUT2D eigenvalue weighted by atomic mass is 10.1. The molecule has 1 aliphatic rings. The SMILES string of the molecule is CN(C)S(=O)(=O)C1=Cc2oc(=NC(F)(F)F)n(C(=O)Nc3ccccc3)c2C(=O)C1. The van der Waals surface area contributed by atoms with E-state index in [9.17, 15) is 31.2 Å². The zero-order valence-corrected chi connectivity index (χ0v) is 16.4.